The van der Waals surface area contributed by atoms with Gasteiger partial charge < -0.3 is 10.1 Å². The van der Waals surface area contributed by atoms with Gasteiger partial charge in [-0.05, 0) is 47.7 Å². The highest BCUT2D eigenvalue weighted by Crippen LogP contribution is 2.24. The number of nitrogens with one attached hydrogen (secondary N) is 1. The highest BCUT2D eigenvalue weighted by Gasteiger charge is 2.11. The van der Waals surface area contributed by atoms with Crippen molar-refractivity contribution in [2.45, 2.75) is 6.92 Å². The maximum atomic E-state index is 12.6. The fraction of sp³-hybridized carbons (Fsp3) is 0.0909. The maximum absolute atomic E-state index is 12.6. The lowest BCUT2D eigenvalue weighted by Crippen LogP contribution is -2.13. The Hall–Kier alpha value is -3.58. The monoisotopic (exact) mass is 342 g/mol. The highest BCUT2D eigenvalue weighted by atomic mass is 16.5. The molecule has 0 spiro atoms. The lowest BCUT2D eigenvalue weighted by Gasteiger charge is -2.09. The molecule has 3 aromatic rings. The highest BCUT2D eigenvalue weighted by molar-refractivity contribution is 6.12. The van der Waals surface area contributed by atoms with Crippen LogP contribution in [-0.4, -0.2) is 13.0 Å². The molecule has 0 atom stereocenters. The van der Waals surface area contributed by atoms with Gasteiger partial charge in [0.2, 0.25) is 0 Å². The van der Waals surface area contributed by atoms with Gasteiger partial charge >= 0.3 is 0 Å². The van der Waals surface area contributed by atoms with Crippen molar-refractivity contribution in [1.82, 2.24) is 0 Å². The average molecular weight is 342 g/mol. The standard InChI is InChI=1S/C22H18N2O2/c1-15-12-16(10-11-21(15)26-2)13-18(14-23)22(25)24-20-9-5-7-17-6-3-4-8-19(17)20/h3-13H,1-2H3,(H,24,25)/b18-13+. The van der Waals surface area contributed by atoms with Crippen molar-refractivity contribution < 1.29 is 9.53 Å². The summed E-state index contributed by atoms with van der Waals surface area (Å²) in [5.41, 5.74) is 2.43. The van der Waals surface area contributed by atoms with E-state index >= 15 is 0 Å². The minimum atomic E-state index is -0.433. The summed E-state index contributed by atoms with van der Waals surface area (Å²) in [5.74, 6) is 0.332. The van der Waals surface area contributed by atoms with E-state index in [0.717, 1.165) is 27.6 Å². The first-order valence-electron chi connectivity index (χ1n) is 8.18. The van der Waals surface area contributed by atoms with Crippen LogP contribution in [0.15, 0.2) is 66.2 Å². The summed E-state index contributed by atoms with van der Waals surface area (Å²) >= 11 is 0. The number of hydrogen-bond acceptors (Lipinski definition) is 3. The number of anilines is 1. The number of nitrogens with zero attached hydrogens (tertiary/aromatic N) is 1. The number of methoxy groups -OCH3 is 1. The van der Waals surface area contributed by atoms with Gasteiger partial charge in [-0.1, -0.05) is 42.5 Å². The van der Waals surface area contributed by atoms with Crippen LogP contribution in [0.1, 0.15) is 11.1 Å². The molecule has 0 saturated carbocycles. The normalized spacial score (nSPS) is 11.0. The van der Waals surface area contributed by atoms with Crippen LogP contribution in [0.25, 0.3) is 16.8 Å². The second-order valence-corrected chi connectivity index (χ2v) is 5.88. The SMILES string of the molecule is COc1ccc(/C=C(\C#N)C(=O)Nc2cccc3ccccc23)cc1C. The molecule has 1 N–H and O–H groups in total. The van der Waals surface area contributed by atoms with Crippen LogP contribution in [0.5, 0.6) is 5.75 Å². The third-order valence-electron chi connectivity index (χ3n) is 4.13. The Morgan fingerprint density at radius 2 is 1.88 bits per heavy atom. The number of aryl methyl sites for hydroxylation is 1. The molecule has 0 aliphatic heterocycles. The van der Waals surface area contributed by atoms with E-state index in [1.54, 1.807) is 13.2 Å². The fourth-order valence-electron chi connectivity index (χ4n) is 2.83. The predicted octanol–water partition coefficient (Wildman–Crippen LogP) is 4.70. The molecule has 0 bridgehead atoms. The zero-order valence-electron chi connectivity index (χ0n) is 14.6. The number of nitriles is 1. The first-order valence-corrected chi connectivity index (χ1v) is 8.18. The van der Waals surface area contributed by atoms with E-state index in [0.29, 0.717) is 5.69 Å². The lowest BCUT2D eigenvalue weighted by molar-refractivity contribution is -0.112. The van der Waals surface area contributed by atoms with Gasteiger partial charge in [0.05, 0.1) is 7.11 Å². The molecule has 3 aromatic carbocycles. The fourth-order valence-corrected chi connectivity index (χ4v) is 2.83. The van der Waals surface area contributed by atoms with Gasteiger partial charge in [0.15, 0.2) is 0 Å². The third kappa shape index (κ3) is 3.57. The van der Waals surface area contributed by atoms with Crippen LogP contribution in [0, 0.1) is 18.3 Å². The molecule has 0 aliphatic carbocycles. The molecule has 128 valence electrons. The molecule has 0 heterocycles. The maximum Gasteiger partial charge on any atom is 0.266 e. The smallest absolute Gasteiger partial charge is 0.266 e. The molecule has 0 radical (unpaired) electrons. The number of carbonyl (C=O) groups excluding carboxylic acids is 1. The van der Waals surface area contributed by atoms with Crippen molar-refractivity contribution in [3.05, 3.63) is 77.4 Å². The van der Waals surface area contributed by atoms with Crippen molar-refractivity contribution in [2.24, 2.45) is 0 Å². The van der Waals surface area contributed by atoms with Crippen molar-refractivity contribution >= 4 is 28.4 Å². The summed E-state index contributed by atoms with van der Waals surface area (Å²) in [6.45, 7) is 1.92. The van der Waals surface area contributed by atoms with E-state index in [1.165, 1.54) is 0 Å². The summed E-state index contributed by atoms with van der Waals surface area (Å²) in [5, 5.41) is 14.2. The molecule has 1 amide bonds. The molecule has 0 saturated heterocycles. The molecule has 4 nitrogen and oxygen atoms in total. The Morgan fingerprint density at radius 3 is 2.62 bits per heavy atom. The second-order valence-electron chi connectivity index (χ2n) is 5.88. The third-order valence-corrected chi connectivity index (χ3v) is 4.13. The van der Waals surface area contributed by atoms with Gasteiger partial charge in [-0.15, -0.1) is 0 Å². The van der Waals surface area contributed by atoms with Gasteiger partial charge in [0.1, 0.15) is 17.4 Å². The molecule has 26 heavy (non-hydrogen) atoms. The van der Waals surface area contributed by atoms with Crippen molar-refractivity contribution in [3.8, 4) is 11.8 Å². The minimum Gasteiger partial charge on any atom is -0.496 e. The Morgan fingerprint density at radius 1 is 1.12 bits per heavy atom. The summed E-state index contributed by atoms with van der Waals surface area (Å²) in [7, 11) is 1.61. The summed E-state index contributed by atoms with van der Waals surface area (Å²) in [4.78, 5) is 12.6. The average Bonchev–Trinajstić information content (AvgIpc) is 2.66. The van der Waals surface area contributed by atoms with Crippen molar-refractivity contribution in [2.75, 3.05) is 12.4 Å². The topological polar surface area (TPSA) is 62.1 Å². The Labute approximate surface area is 152 Å². The predicted molar refractivity (Wildman–Crippen MR) is 104 cm³/mol. The van der Waals surface area contributed by atoms with Crippen molar-refractivity contribution in [1.29, 1.82) is 5.26 Å². The summed E-state index contributed by atoms with van der Waals surface area (Å²) in [6, 6.07) is 21.0. The molecule has 0 fully saturated rings. The molecule has 0 unspecified atom stereocenters. The molecule has 4 heteroatoms. The molecule has 0 aromatic heterocycles. The molecular weight excluding hydrogens is 324 g/mol. The largest absolute Gasteiger partial charge is 0.496 e. The first kappa shape index (κ1) is 17.2. The van der Waals surface area contributed by atoms with Crippen LogP contribution in [0.2, 0.25) is 0 Å². The quantitative estimate of drug-likeness (QED) is 0.552. The number of fused-ring (bicyclic) bond motifs is 1. The van der Waals surface area contributed by atoms with Crippen LogP contribution in [-0.2, 0) is 4.79 Å². The van der Waals surface area contributed by atoms with Crippen LogP contribution in [0.3, 0.4) is 0 Å². The van der Waals surface area contributed by atoms with E-state index in [9.17, 15) is 10.1 Å². The number of amides is 1. The van der Waals surface area contributed by atoms with Gasteiger partial charge in [-0.2, -0.15) is 5.26 Å². The van der Waals surface area contributed by atoms with Crippen LogP contribution < -0.4 is 10.1 Å². The number of benzene rings is 3. The Balaban J connectivity index is 1.89. The van der Waals surface area contributed by atoms with Gasteiger partial charge in [0.25, 0.3) is 5.91 Å². The zero-order chi connectivity index (χ0) is 18.5. The first-order chi connectivity index (χ1) is 12.6. The van der Waals surface area contributed by atoms with Crippen molar-refractivity contribution in [3.63, 3.8) is 0 Å². The van der Waals surface area contributed by atoms with Crippen LogP contribution >= 0.6 is 0 Å². The lowest BCUT2D eigenvalue weighted by atomic mass is 10.1. The summed E-state index contributed by atoms with van der Waals surface area (Å²) < 4.78 is 5.23. The van der Waals surface area contributed by atoms with Gasteiger partial charge in [0, 0.05) is 11.1 Å². The van der Waals surface area contributed by atoms with E-state index in [4.69, 9.17) is 4.74 Å². The number of hydrogen-bond donors (Lipinski definition) is 1. The molecule has 0 aliphatic rings. The Kier molecular flexibility index (Phi) is 5.00. The van der Waals surface area contributed by atoms with Gasteiger partial charge in [-0.25, -0.2) is 0 Å². The molecule has 3 rings (SSSR count). The van der Waals surface area contributed by atoms with E-state index in [-0.39, 0.29) is 5.57 Å². The van der Waals surface area contributed by atoms with Gasteiger partial charge in [-0.3, -0.25) is 4.79 Å². The number of rotatable bonds is 4. The van der Waals surface area contributed by atoms with Crippen LogP contribution in [0.4, 0.5) is 5.69 Å². The number of ether oxygens (including phenoxy) is 1. The zero-order valence-corrected chi connectivity index (χ0v) is 14.6. The van der Waals surface area contributed by atoms with E-state index in [1.807, 2.05) is 73.7 Å². The van der Waals surface area contributed by atoms with E-state index in [2.05, 4.69) is 5.32 Å². The Bertz CT molecular complexity index is 1040. The molecular formula is C22H18N2O2. The van der Waals surface area contributed by atoms with E-state index < -0.39 is 5.91 Å². The summed E-state index contributed by atoms with van der Waals surface area (Å²) in [6.07, 6.45) is 1.58. The minimum absolute atomic E-state index is 0.0440. The second kappa shape index (κ2) is 7.54. The number of carbonyl (C=O) groups is 1.